The standard InChI is InChI=1S/C24H30N4O5S/c1-3-28(4-2,14-18(25)29)12-8-11-17-15-34-23-20(22(31)27(23)21(17)24(32)33)26-19(30)13-16-9-6-5-7-10-16/h5-11,20,23H,3-4,12-15H2,1-2H3,(H3-,25,26,29,30,32,33)/p+1/b11-8+/t20-,23-/m1/s1. The van der Waals surface area contributed by atoms with Gasteiger partial charge in [-0.25, -0.2) is 4.79 Å². The zero-order valence-electron chi connectivity index (χ0n) is 19.4. The number of β-lactam (4-membered cyclic amide) rings is 1. The predicted octanol–water partition coefficient (Wildman–Crippen LogP) is 0.866. The molecule has 0 aliphatic carbocycles. The van der Waals surface area contributed by atoms with Crippen molar-refractivity contribution >= 4 is 35.5 Å². The quantitative estimate of drug-likeness (QED) is 0.314. The van der Waals surface area contributed by atoms with Crippen molar-refractivity contribution in [3.8, 4) is 0 Å². The van der Waals surface area contributed by atoms with Crippen LogP contribution in [0.2, 0.25) is 0 Å². The van der Waals surface area contributed by atoms with E-state index in [1.807, 2.05) is 50.3 Å². The van der Waals surface area contributed by atoms with Gasteiger partial charge in [-0.1, -0.05) is 36.4 Å². The summed E-state index contributed by atoms with van der Waals surface area (Å²) in [6.07, 6.45) is 3.72. The third-order valence-electron chi connectivity index (χ3n) is 6.37. The molecule has 4 N–H and O–H groups in total. The van der Waals surface area contributed by atoms with E-state index in [4.69, 9.17) is 5.73 Å². The first-order valence-corrected chi connectivity index (χ1v) is 12.3. The number of amides is 3. The zero-order chi connectivity index (χ0) is 24.9. The van der Waals surface area contributed by atoms with Crippen LogP contribution >= 0.6 is 11.8 Å². The molecule has 34 heavy (non-hydrogen) atoms. The molecule has 3 rings (SSSR count). The molecular weight excluding hydrogens is 456 g/mol. The van der Waals surface area contributed by atoms with Crippen LogP contribution in [0.1, 0.15) is 19.4 Å². The molecule has 1 aromatic carbocycles. The van der Waals surface area contributed by atoms with Gasteiger partial charge in [-0.15, -0.1) is 11.8 Å². The van der Waals surface area contributed by atoms with E-state index in [-0.39, 0.29) is 30.5 Å². The summed E-state index contributed by atoms with van der Waals surface area (Å²) in [7, 11) is 0. The first-order chi connectivity index (χ1) is 16.2. The van der Waals surface area contributed by atoms with Crippen LogP contribution in [0.15, 0.2) is 53.8 Å². The summed E-state index contributed by atoms with van der Waals surface area (Å²) in [5, 5.41) is 12.1. The molecule has 0 bridgehead atoms. The number of aliphatic carboxylic acids is 1. The third-order valence-corrected chi connectivity index (χ3v) is 7.67. The summed E-state index contributed by atoms with van der Waals surface area (Å²) in [6, 6.07) is 8.46. The number of likely N-dealkylation sites (N-methyl/N-ethyl adjacent to an activating group) is 1. The van der Waals surface area contributed by atoms with Crippen LogP contribution in [0.4, 0.5) is 0 Å². The van der Waals surface area contributed by atoms with Crippen molar-refractivity contribution in [3.05, 3.63) is 59.3 Å². The van der Waals surface area contributed by atoms with Crippen LogP contribution in [0.3, 0.4) is 0 Å². The van der Waals surface area contributed by atoms with Gasteiger partial charge in [0.25, 0.3) is 11.8 Å². The number of allylic oxidation sites excluding steroid dienone is 1. The van der Waals surface area contributed by atoms with Crippen molar-refractivity contribution in [2.75, 3.05) is 31.9 Å². The van der Waals surface area contributed by atoms with Gasteiger partial charge >= 0.3 is 5.97 Å². The number of nitrogens with zero attached hydrogens (tertiary/aromatic N) is 2. The lowest BCUT2D eigenvalue weighted by Crippen LogP contribution is -2.70. The number of hydrogen-bond donors (Lipinski definition) is 3. The van der Waals surface area contributed by atoms with E-state index in [0.717, 1.165) is 5.56 Å². The molecule has 2 aliphatic heterocycles. The molecule has 10 heteroatoms. The summed E-state index contributed by atoms with van der Waals surface area (Å²) < 4.78 is 0.468. The molecular formula is C24H31N4O5S+. The summed E-state index contributed by atoms with van der Waals surface area (Å²) in [4.78, 5) is 50.0. The molecule has 0 radical (unpaired) electrons. The highest BCUT2D eigenvalue weighted by molar-refractivity contribution is 8.00. The number of carbonyl (C=O) groups is 4. The van der Waals surface area contributed by atoms with Gasteiger partial charge in [0.05, 0.1) is 26.1 Å². The number of rotatable bonds is 11. The number of nitrogens with two attached hydrogens (primary N) is 1. The third kappa shape index (κ3) is 5.51. The molecule has 2 atom stereocenters. The molecule has 0 spiro atoms. The lowest BCUT2D eigenvalue weighted by molar-refractivity contribution is -0.911. The highest BCUT2D eigenvalue weighted by atomic mass is 32.2. The van der Waals surface area contributed by atoms with E-state index in [1.165, 1.54) is 16.7 Å². The minimum Gasteiger partial charge on any atom is -0.477 e. The second-order valence-corrected chi connectivity index (χ2v) is 9.58. The van der Waals surface area contributed by atoms with Crippen molar-refractivity contribution in [1.82, 2.24) is 10.2 Å². The fourth-order valence-electron chi connectivity index (χ4n) is 4.30. The normalized spacial score (nSPS) is 20.2. The number of hydrogen-bond acceptors (Lipinski definition) is 5. The van der Waals surface area contributed by atoms with Gasteiger partial charge in [-0.3, -0.25) is 19.3 Å². The number of carboxylic acids is 1. The molecule has 0 aromatic heterocycles. The van der Waals surface area contributed by atoms with Gasteiger partial charge in [0.2, 0.25) is 5.91 Å². The van der Waals surface area contributed by atoms with E-state index in [1.54, 1.807) is 6.08 Å². The SMILES string of the molecule is CC[N+](CC)(C/C=C/C1=C(C(=O)O)N2C(=O)[C@@H](NC(=O)Cc3ccccc3)[C@H]2SC1)CC(N)=O. The van der Waals surface area contributed by atoms with Gasteiger partial charge in [-0.05, 0) is 31.1 Å². The number of quaternary nitrogens is 1. The molecule has 182 valence electrons. The number of primary amides is 1. The monoisotopic (exact) mass is 487 g/mol. The van der Waals surface area contributed by atoms with Gasteiger partial charge in [0.15, 0.2) is 6.54 Å². The lowest BCUT2D eigenvalue weighted by atomic mass is 10.0. The molecule has 0 saturated carbocycles. The number of fused-ring (bicyclic) bond motifs is 1. The van der Waals surface area contributed by atoms with Crippen molar-refractivity contribution in [3.63, 3.8) is 0 Å². The van der Waals surface area contributed by atoms with Gasteiger partial charge in [0.1, 0.15) is 17.1 Å². The molecule has 1 aromatic rings. The van der Waals surface area contributed by atoms with Crippen LogP contribution in [0.5, 0.6) is 0 Å². The van der Waals surface area contributed by atoms with E-state index in [0.29, 0.717) is 35.4 Å². The van der Waals surface area contributed by atoms with E-state index >= 15 is 0 Å². The minimum absolute atomic E-state index is 0.0560. The fraction of sp³-hybridized carbons (Fsp3) is 0.417. The molecule has 9 nitrogen and oxygen atoms in total. The summed E-state index contributed by atoms with van der Waals surface area (Å²) in [5.41, 5.74) is 6.72. The van der Waals surface area contributed by atoms with E-state index in [2.05, 4.69) is 5.32 Å². The average molecular weight is 488 g/mol. The van der Waals surface area contributed by atoms with E-state index in [9.17, 15) is 24.3 Å². The highest BCUT2D eigenvalue weighted by Gasteiger charge is 2.53. The Morgan fingerprint density at radius 3 is 2.50 bits per heavy atom. The molecule has 2 aliphatic rings. The second kappa shape index (κ2) is 10.9. The topological polar surface area (TPSA) is 130 Å². The molecule has 0 unspecified atom stereocenters. The largest absolute Gasteiger partial charge is 0.477 e. The Balaban J connectivity index is 1.71. The molecule has 2 heterocycles. The minimum atomic E-state index is -1.18. The Kier molecular flexibility index (Phi) is 8.16. The van der Waals surface area contributed by atoms with Crippen LogP contribution in [0, 0.1) is 0 Å². The first-order valence-electron chi connectivity index (χ1n) is 11.3. The smallest absolute Gasteiger partial charge is 0.352 e. The number of carbonyl (C=O) groups excluding carboxylic acids is 3. The highest BCUT2D eigenvalue weighted by Crippen LogP contribution is 2.40. The Labute approximate surface area is 203 Å². The Morgan fingerprint density at radius 2 is 1.91 bits per heavy atom. The maximum Gasteiger partial charge on any atom is 0.352 e. The van der Waals surface area contributed by atoms with Crippen LogP contribution in [0.25, 0.3) is 0 Å². The van der Waals surface area contributed by atoms with Gasteiger partial charge < -0.3 is 20.6 Å². The van der Waals surface area contributed by atoms with Crippen molar-refractivity contribution in [2.24, 2.45) is 5.73 Å². The summed E-state index contributed by atoms with van der Waals surface area (Å²) in [5.74, 6) is -1.88. The Hall–Kier alpha value is -3.11. The van der Waals surface area contributed by atoms with Crippen LogP contribution in [-0.2, 0) is 25.6 Å². The van der Waals surface area contributed by atoms with Crippen molar-refractivity contribution in [2.45, 2.75) is 31.7 Å². The van der Waals surface area contributed by atoms with Gasteiger partial charge in [0, 0.05) is 5.75 Å². The maximum absolute atomic E-state index is 12.8. The first kappa shape index (κ1) is 25.5. The second-order valence-electron chi connectivity index (χ2n) is 8.48. The van der Waals surface area contributed by atoms with Crippen molar-refractivity contribution in [1.29, 1.82) is 0 Å². The number of benzene rings is 1. The Morgan fingerprint density at radius 1 is 1.24 bits per heavy atom. The Bertz CT molecular complexity index is 1020. The molecule has 1 saturated heterocycles. The summed E-state index contributed by atoms with van der Waals surface area (Å²) in [6.45, 7) is 6.10. The summed E-state index contributed by atoms with van der Waals surface area (Å²) >= 11 is 1.42. The van der Waals surface area contributed by atoms with Crippen LogP contribution < -0.4 is 11.1 Å². The number of nitrogens with one attached hydrogen (secondary N) is 1. The zero-order valence-corrected chi connectivity index (χ0v) is 20.2. The van der Waals surface area contributed by atoms with E-state index < -0.39 is 23.3 Å². The molecule has 1 fully saturated rings. The van der Waals surface area contributed by atoms with Crippen molar-refractivity contribution < 1.29 is 28.8 Å². The fourth-order valence-corrected chi connectivity index (χ4v) is 5.61. The average Bonchev–Trinajstić information content (AvgIpc) is 2.81. The number of thioether (sulfide) groups is 1. The van der Waals surface area contributed by atoms with Gasteiger partial charge in [-0.2, -0.15) is 0 Å². The lowest BCUT2D eigenvalue weighted by Gasteiger charge is -2.49. The molecule has 3 amide bonds. The number of carboxylic acid groups (broad SMARTS) is 1. The predicted molar refractivity (Wildman–Crippen MR) is 129 cm³/mol. The van der Waals surface area contributed by atoms with Crippen LogP contribution in [-0.4, -0.2) is 81.5 Å². The maximum atomic E-state index is 12.8.